The zero-order valence-electron chi connectivity index (χ0n) is 23.6. The van der Waals surface area contributed by atoms with Crippen molar-refractivity contribution < 1.29 is 57.7 Å². The van der Waals surface area contributed by atoms with Crippen LogP contribution in [0.5, 0.6) is 0 Å². The maximum atomic E-state index is 2.63. The first-order valence-corrected chi connectivity index (χ1v) is 17.9. The molecule has 0 radical (unpaired) electrons. The van der Waals surface area contributed by atoms with Crippen molar-refractivity contribution in [2.24, 2.45) is 0 Å². The summed E-state index contributed by atoms with van der Waals surface area (Å²) >= 11 is 2.32. The number of hydrogen-bond donors (Lipinski definition) is 0. The van der Waals surface area contributed by atoms with Crippen LogP contribution in [0.1, 0.15) is 93.0 Å². The summed E-state index contributed by atoms with van der Waals surface area (Å²) in [7, 11) is -1.85. The molecule has 0 aliphatic heterocycles. The number of unbranched alkanes of at least 4 members (excludes halogenated alkanes) is 6. The van der Waals surface area contributed by atoms with Gasteiger partial charge < -0.3 is 37.2 Å². The van der Waals surface area contributed by atoms with E-state index < -0.39 is 8.07 Å². The summed E-state index contributed by atoms with van der Waals surface area (Å²) < 4.78 is 1.46. The molecule has 0 aromatic heterocycles. The van der Waals surface area contributed by atoms with Crippen LogP contribution in [-0.4, -0.2) is 8.07 Å². The van der Waals surface area contributed by atoms with Gasteiger partial charge in [0.25, 0.3) is 0 Å². The topological polar surface area (TPSA) is 0 Å². The van der Waals surface area contributed by atoms with Gasteiger partial charge in [-0.2, -0.15) is 0 Å². The maximum Gasteiger partial charge on any atom is -1.00 e. The molecule has 0 bridgehead atoms. The average Bonchev–Trinajstić information content (AvgIpc) is 3.21. The fourth-order valence-corrected chi connectivity index (χ4v) is 10.4. The van der Waals surface area contributed by atoms with Crippen molar-refractivity contribution in [2.75, 3.05) is 0 Å². The number of halogens is 3. The van der Waals surface area contributed by atoms with Crippen molar-refractivity contribution in [3.05, 3.63) is 82.9 Å². The second-order valence-corrected chi connectivity index (χ2v) is 16.6. The van der Waals surface area contributed by atoms with E-state index in [4.69, 9.17) is 0 Å². The zero-order valence-corrected chi connectivity index (χ0v) is 28.4. The Morgan fingerprint density at radius 2 is 1.21 bits per heavy atom. The average molecular weight is 622 g/mol. The minimum atomic E-state index is -1.85. The molecule has 1 aliphatic carbocycles. The van der Waals surface area contributed by atoms with Crippen LogP contribution in [0, 0.1) is 0 Å². The van der Waals surface area contributed by atoms with Crippen LogP contribution in [0.2, 0.25) is 13.1 Å². The van der Waals surface area contributed by atoms with Crippen LogP contribution in [0.25, 0.3) is 11.1 Å². The molecule has 1 unspecified atom stereocenters. The number of rotatable bonds is 12. The van der Waals surface area contributed by atoms with Gasteiger partial charge in [0, 0.05) is 0 Å². The van der Waals surface area contributed by atoms with Crippen molar-refractivity contribution in [3.8, 4) is 11.1 Å². The minimum absolute atomic E-state index is 0. The normalized spacial score (nSPS) is 13.6. The molecular formula is C33H43Cl3SiTi. The molecule has 0 fully saturated rings. The Balaban J connectivity index is 0.00000241. The summed E-state index contributed by atoms with van der Waals surface area (Å²) in [5.41, 5.74) is 9.79. The largest absolute Gasteiger partial charge is 1.00 e. The SMILES string of the molecule is CCCCCCc1cc(CCCCCC)cc([Si](C)(C)C2c3ccccc3-c3ccc[c]([Ti+3])c32)c1.[Cl-].[Cl-].[Cl-]. The molecule has 204 valence electrons. The molecule has 0 heterocycles. The zero-order chi connectivity index (χ0) is 24.8. The molecule has 4 rings (SSSR count). The van der Waals surface area contributed by atoms with Crippen LogP contribution < -0.4 is 46.3 Å². The Bertz CT molecular complexity index is 1110. The van der Waals surface area contributed by atoms with Gasteiger partial charge in [0.2, 0.25) is 0 Å². The van der Waals surface area contributed by atoms with E-state index in [2.05, 4.69) is 108 Å². The summed E-state index contributed by atoms with van der Waals surface area (Å²) in [6.07, 6.45) is 13.2. The number of hydrogen-bond acceptors (Lipinski definition) is 0. The molecule has 0 spiro atoms. The molecule has 38 heavy (non-hydrogen) atoms. The second kappa shape index (κ2) is 16.7. The van der Waals surface area contributed by atoms with Gasteiger partial charge in [-0.25, -0.2) is 0 Å². The Labute approximate surface area is 263 Å². The van der Waals surface area contributed by atoms with E-state index in [9.17, 15) is 0 Å². The van der Waals surface area contributed by atoms with Crippen molar-refractivity contribution in [1.29, 1.82) is 0 Å². The van der Waals surface area contributed by atoms with Crippen LogP contribution in [0.4, 0.5) is 0 Å². The molecule has 0 saturated carbocycles. The first-order valence-electron chi connectivity index (χ1n) is 14.0. The van der Waals surface area contributed by atoms with Gasteiger partial charge in [-0.3, -0.25) is 0 Å². The van der Waals surface area contributed by atoms with Crippen molar-refractivity contribution in [2.45, 2.75) is 96.7 Å². The summed E-state index contributed by atoms with van der Waals surface area (Å²) in [4.78, 5) is 0. The van der Waals surface area contributed by atoms with E-state index in [0.29, 0.717) is 5.54 Å². The molecule has 0 saturated heterocycles. The number of fused-ring (bicyclic) bond motifs is 3. The third kappa shape index (κ3) is 8.02. The molecule has 5 heteroatoms. The number of aryl methyl sites for hydroxylation is 2. The monoisotopic (exact) mass is 620 g/mol. The van der Waals surface area contributed by atoms with Crippen molar-refractivity contribution in [3.63, 3.8) is 0 Å². The van der Waals surface area contributed by atoms with E-state index in [1.807, 2.05) is 0 Å². The molecule has 3 aromatic rings. The predicted molar refractivity (Wildman–Crippen MR) is 153 cm³/mol. The summed E-state index contributed by atoms with van der Waals surface area (Å²) in [6.45, 7) is 9.88. The molecule has 0 nitrogen and oxygen atoms in total. The first-order chi connectivity index (χ1) is 17.0. The fourth-order valence-electron chi connectivity index (χ4n) is 6.11. The standard InChI is InChI=1S/C33H43Si.3ClH.Ti/c1-5-7-9-11-17-26-23-27(18-12-10-8-6-2)25-28(24-26)34(3,4)33-31-21-15-13-19-29(31)30-20-14-16-22-32(30)33;;;;/h13-16,19-21,23-25,33H,5-12,17-18H2,1-4H3;3*1H;/q;;;;+3/p-3. The summed E-state index contributed by atoms with van der Waals surface area (Å²) in [5, 5.41) is 1.66. The quantitative estimate of drug-likeness (QED) is 0.187. The predicted octanol–water partition coefficient (Wildman–Crippen LogP) is -0.617. The Morgan fingerprint density at radius 1 is 0.658 bits per heavy atom. The molecule has 1 aliphatic rings. The van der Waals surface area contributed by atoms with Crippen LogP contribution >= 0.6 is 0 Å². The molecule has 0 amide bonds. The van der Waals surface area contributed by atoms with Gasteiger partial charge in [0.1, 0.15) is 0 Å². The van der Waals surface area contributed by atoms with Crippen LogP contribution in [0.15, 0.2) is 60.7 Å². The van der Waals surface area contributed by atoms with Gasteiger partial charge in [-0.05, 0) is 0 Å². The van der Waals surface area contributed by atoms with E-state index in [1.54, 1.807) is 27.4 Å². The van der Waals surface area contributed by atoms with Crippen molar-refractivity contribution >= 4 is 17.1 Å². The summed E-state index contributed by atoms with van der Waals surface area (Å²) in [5.74, 6) is 0. The van der Waals surface area contributed by atoms with Gasteiger partial charge >= 0.3 is 214 Å². The smallest absolute Gasteiger partial charge is 1.00 e. The van der Waals surface area contributed by atoms with E-state index in [-0.39, 0.29) is 37.2 Å². The Kier molecular flexibility index (Phi) is 15.6. The van der Waals surface area contributed by atoms with E-state index >= 15 is 0 Å². The molecular weight excluding hydrogens is 579 g/mol. The maximum absolute atomic E-state index is 2.63. The van der Waals surface area contributed by atoms with Crippen molar-refractivity contribution in [1.82, 2.24) is 0 Å². The third-order valence-corrected chi connectivity index (χ3v) is 12.6. The van der Waals surface area contributed by atoms with Crippen LogP contribution in [-0.2, 0) is 33.3 Å². The minimum Gasteiger partial charge on any atom is -1.00 e. The number of benzene rings is 3. The van der Waals surface area contributed by atoms with E-state index in [1.165, 1.54) is 79.2 Å². The Hall–Kier alpha value is -0.539. The van der Waals surface area contributed by atoms with Gasteiger partial charge in [-0.1, -0.05) is 13.8 Å². The van der Waals surface area contributed by atoms with E-state index in [0.717, 1.165) is 0 Å². The Morgan fingerprint density at radius 3 is 1.79 bits per heavy atom. The second-order valence-electron chi connectivity index (χ2n) is 11.2. The molecule has 0 N–H and O–H groups in total. The fraction of sp³-hybridized carbons (Fsp3) is 0.455. The third-order valence-electron chi connectivity index (χ3n) is 8.11. The van der Waals surface area contributed by atoms with Gasteiger partial charge in [0.05, 0.1) is 0 Å². The first kappa shape index (κ1) is 35.5. The van der Waals surface area contributed by atoms with Gasteiger partial charge in [0.15, 0.2) is 0 Å². The summed E-state index contributed by atoms with van der Waals surface area (Å²) in [6, 6.07) is 23.9. The van der Waals surface area contributed by atoms with Crippen LogP contribution in [0.3, 0.4) is 0 Å². The molecule has 3 aromatic carbocycles. The molecule has 1 atom stereocenters. The van der Waals surface area contributed by atoms with Gasteiger partial charge in [-0.15, -0.1) is 0 Å².